The van der Waals surface area contributed by atoms with E-state index in [1.807, 2.05) is 0 Å². The highest BCUT2D eigenvalue weighted by atomic mass is 16.5. The Morgan fingerprint density at radius 1 is 1.44 bits per heavy atom. The first kappa shape index (κ1) is 10.9. The highest BCUT2D eigenvalue weighted by Gasteiger charge is 2.30. The SMILES string of the molecule is Cc1cc(C(=O)N2CCC(n3nccn3)C2)no1. The smallest absolute Gasteiger partial charge is 0.276 e. The van der Waals surface area contributed by atoms with Crippen molar-refractivity contribution in [2.45, 2.75) is 19.4 Å². The molecule has 1 atom stereocenters. The molecule has 3 heterocycles. The van der Waals surface area contributed by atoms with Crippen molar-refractivity contribution in [1.29, 1.82) is 0 Å². The first-order valence-corrected chi connectivity index (χ1v) is 5.82. The van der Waals surface area contributed by atoms with Gasteiger partial charge in [0.05, 0.1) is 18.4 Å². The fourth-order valence-electron chi connectivity index (χ4n) is 2.16. The molecule has 0 aliphatic carbocycles. The first-order chi connectivity index (χ1) is 8.74. The molecule has 1 aliphatic heterocycles. The summed E-state index contributed by atoms with van der Waals surface area (Å²) in [6, 6.07) is 1.80. The van der Waals surface area contributed by atoms with Crippen LogP contribution < -0.4 is 0 Å². The second-order valence-corrected chi connectivity index (χ2v) is 4.37. The molecule has 1 unspecified atom stereocenters. The Morgan fingerprint density at radius 3 is 2.89 bits per heavy atom. The molecule has 0 N–H and O–H groups in total. The Balaban J connectivity index is 1.70. The van der Waals surface area contributed by atoms with E-state index in [1.165, 1.54) is 0 Å². The zero-order valence-corrected chi connectivity index (χ0v) is 9.98. The van der Waals surface area contributed by atoms with Crippen LogP contribution in [0.2, 0.25) is 0 Å². The summed E-state index contributed by atoms with van der Waals surface area (Å²) in [6.45, 7) is 3.07. The number of amides is 1. The van der Waals surface area contributed by atoms with Gasteiger partial charge in [-0.2, -0.15) is 15.0 Å². The number of carbonyl (C=O) groups excluding carboxylic acids is 1. The monoisotopic (exact) mass is 247 g/mol. The summed E-state index contributed by atoms with van der Waals surface area (Å²) in [4.78, 5) is 15.5. The molecule has 7 heteroatoms. The summed E-state index contributed by atoms with van der Waals surface area (Å²) in [6.07, 6.45) is 4.15. The lowest BCUT2D eigenvalue weighted by atomic mass is 10.3. The third-order valence-electron chi connectivity index (χ3n) is 3.06. The van der Waals surface area contributed by atoms with E-state index in [1.54, 1.807) is 35.1 Å². The van der Waals surface area contributed by atoms with Crippen molar-refractivity contribution in [3.05, 3.63) is 29.9 Å². The predicted molar refractivity (Wildman–Crippen MR) is 60.8 cm³/mol. The number of carbonyl (C=O) groups is 1. The molecule has 1 aliphatic rings. The molecular formula is C11H13N5O2. The molecule has 0 aromatic carbocycles. The molecule has 2 aromatic rings. The van der Waals surface area contributed by atoms with E-state index in [9.17, 15) is 4.79 Å². The van der Waals surface area contributed by atoms with E-state index in [-0.39, 0.29) is 11.9 Å². The lowest BCUT2D eigenvalue weighted by molar-refractivity contribution is 0.0776. The molecule has 0 saturated carbocycles. The van der Waals surface area contributed by atoms with Crippen LogP contribution in [0.3, 0.4) is 0 Å². The van der Waals surface area contributed by atoms with Crippen molar-refractivity contribution in [2.75, 3.05) is 13.1 Å². The molecule has 0 spiro atoms. The Morgan fingerprint density at radius 2 is 2.22 bits per heavy atom. The van der Waals surface area contributed by atoms with Gasteiger partial charge in [-0.1, -0.05) is 5.16 Å². The Kier molecular flexibility index (Phi) is 2.58. The van der Waals surface area contributed by atoms with E-state index in [2.05, 4.69) is 15.4 Å². The molecule has 2 aromatic heterocycles. The Labute approximate surface area is 103 Å². The van der Waals surface area contributed by atoms with Crippen LogP contribution in [0.5, 0.6) is 0 Å². The van der Waals surface area contributed by atoms with E-state index in [0.717, 1.165) is 6.42 Å². The number of hydrogen-bond donors (Lipinski definition) is 0. The summed E-state index contributed by atoms with van der Waals surface area (Å²) in [7, 11) is 0. The maximum Gasteiger partial charge on any atom is 0.276 e. The van der Waals surface area contributed by atoms with Crippen LogP contribution in [-0.4, -0.2) is 44.0 Å². The van der Waals surface area contributed by atoms with Gasteiger partial charge in [-0.05, 0) is 13.3 Å². The summed E-state index contributed by atoms with van der Waals surface area (Å²) in [5, 5.41) is 11.9. The van der Waals surface area contributed by atoms with Gasteiger partial charge >= 0.3 is 0 Å². The Hall–Kier alpha value is -2.18. The highest BCUT2D eigenvalue weighted by Crippen LogP contribution is 2.21. The largest absolute Gasteiger partial charge is 0.361 e. The fourth-order valence-corrected chi connectivity index (χ4v) is 2.16. The van der Waals surface area contributed by atoms with Crippen LogP contribution in [0.1, 0.15) is 28.7 Å². The quantitative estimate of drug-likeness (QED) is 0.779. The molecule has 1 amide bonds. The molecule has 7 nitrogen and oxygen atoms in total. The molecule has 1 saturated heterocycles. The summed E-state index contributed by atoms with van der Waals surface area (Å²) < 4.78 is 4.92. The minimum absolute atomic E-state index is 0.0958. The third kappa shape index (κ3) is 1.87. The second-order valence-electron chi connectivity index (χ2n) is 4.37. The predicted octanol–water partition coefficient (Wildman–Crippen LogP) is 0.662. The van der Waals surface area contributed by atoms with Gasteiger partial charge in [0, 0.05) is 19.2 Å². The normalized spacial score (nSPS) is 19.4. The third-order valence-corrected chi connectivity index (χ3v) is 3.06. The molecule has 3 rings (SSSR count). The van der Waals surface area contributed by atoms with Crippen molar-refractivity contribution in [2.24, 2.45) is 0 Å². The minimum atomic E-state index is -0.0958. The summed E-state index contributed by atoms with van der Waals surface area (Å²) in [5.41, 5.74) is 0.363. The van der Waals surface area contributed by atoms with Crippen molar-refractivity contribution in [3.63, 3.8) is 0 Å². The van der Waals surface area contributed by atoms with Gasteiger partial charge < -0.3 is 9.42 Å². The Bertz CT molecular complexity index is 548. The van der Waals surface area contributed by atoms with Crippen LogP contribution in [0, 0.1) is 6.92 Å². The number of rotatable bonds is 2. The zero-order chi connectivity index (χ0) is 12.5. The molecule has 94 valence electrons. The van der Waals surface area contributed by atoms with Gasteiger partial charge in [-0.15, -0.1) is 0 Å². The number of aromatic nitrogens is 4. The van der Waals surface area contributed by atoms with Crippen LogP contribution in [0.25, 0.3) is 0 Å². The van der Waals surface area contributed by atoms with Crippen molar-refractivity contribution in [1.82, 2.24) is 25.1 Å². The van der Waals surface area contributed by atoms with Crippen LogP contribution in [-0.2, 0) is 0 Å². The van der Waals surface area contributed by atoms with Gasteiger partial charge in [-0.25, -0.2) is 0 Å². The van der Waals surface area contributed by atoms with E-state index >= 15 is 0 Å². The number of hydrogen-bond acceptors (Lipinski definition) is 5. The van der Waals surface area contributed by atoms with Crippen molar-refractivity contribution >= 4 is 5.91 Å². The van der Waals surface area contributed by atoms with Gasteiger partial charge in [0.25, 0.3) is 5.91 Å². The first-order valence-electron chi connectivity index (χ1n) is 5.82. The average Bonchev–Trinajstić information content (AvgIpc) is 3.09. The average molecular weight is 247 g/mol. The molecule has 1 fully saturated rings. The molecule has 18 heavy (non-hydrogen) atoms. The zero-order valence-electron chi connectivity index (χ0n) is 9.98. The topological polar surface area (TPSA) is 77.1 Å². The molecular weight excluding hydrogens is 234 g/mol. The van der Waals surface area contributed by atoms with Gasteiger partial charge in [-0.3, -0.25) is 4.79 Å². The maximum atomic E-state index is 12.1. The highest BCUT2D eigenvalue weighted by molar-refractivity contribution is 5.92. The molecule has 0 radical (unpaired) electrons. The summed E-state index contributed by atoms with van der Waals surface area (Å²) >= 11 is 0. The number of aryl methyl sites for hydroxylation is 1. The number of nitrogens with zero attached hydrogens (tertiary/aromatic N) is 5. The molecule has 0 bridgehead atoms. The van der Waals surface area contributed by atoms with Crippen LogP contribution >= 0.6 is 0 Å². The maximum absolute atomic E-state index is 12.1. The van der Waals surface area contributed by atoms with E-state index < -0.39 is 0 Å². The van der Waals surface area contributed by atoms with Gasteiger partial charge in [0.1, 0.15) is 5.76 Å². The van der Waals surface area contributed by atoms with Crippen molar-refractivity contribution < 1.29 is 9.32 Å². The van der Waals surface area contributed by atoms with E-state index in [0.29, 0.717) is 24.5 Å². The standard InChI is InChI=1S/C11H13N5O2/c1-8-6-10(14-18-8)11(17)15-5-2-9(7-15)16-12-3-4-13-16/h3-4,6,9H,2,5,7H2,1H3. The fraction of sp³-hybridized carbons (Fsp3) is 0.455. The van der Waals surface area contributed by atoms with Gasteiger partial charge in [0.15, 0.2) is 5.69 Å². The van der Waals surface area contributed by atoms with Crippen LogP contribution in [0.15, 0.2) is 23.0 Å². The lowest BCUT2D eigenvalue weighted by Gasteiger charge is -2.14. The second kappa shape index (κ2) is 4.25. The lowest BCUT2D eigenvalue weighted by Crippen LogP contribution is -2.29. The summed E-state index contributed by atoms with van der Waals surface area (Å²) in [5.74, 6) is 0.546. The van der Waals surface area contributed by atoms with Crippen molar-refractivity contribution in [3.8, 4) is 0 Å². The van der Waals surface area contributed by atoms with Gasteiger partial charge in [0.2, 0.25) is 0 Å². The van der Waals surface area contributed by atoms with E-state index in [4.69, 9.17) is 4.52 Å². The van der Waals surface area contributed by atoms with Crippen LogP contribution in [0.4, 0.5) is 0 Å². The number of likely N-dealkylation sites (tertiary alicyclic amines) is 1. The minimum Gasteiger partial charge on any atom is -0.361 e.